The number of nitrogens with zero attached hydrogens (tertiary/aromatic N) is 1. The van der Waals surface area contributed by atoms with Crippen molar-refractivity contribution in [1.82, 2.24) is 4.57 Å². The molecule has 2 heterocycles. The zero-order chi connectivity index (χ0) is 37.4. The first-order chi connectivity index (χ1) is 27.5. The molecule has 0 saturated carbocycles. The Labute approximate surface area is 326 Å². The molecule has 2 nitrogen and oxygen atoms in total. The van der Waals surface area contributed by atoms with E-state index < -0.39 is 0 Å². The van der Waals surface area contributed by atoms with Crippen LogP contribution in [0.5, 0.6) is 0 Å². The lowest BCUT2D eigenvalue weighted by Crippen LogP contribution is -2.15. The highest BCUT2D eigenvalue weighted by molar-refractivity contribution is 6.10. The zero-order valence-corrected chi connectivity index (χ0v) is 31.4. The summed E-state index contributed by atoms with van der Waals surface area (Å²) in [5.41, 5.74) is 17.2. The van der Waals surface area contributed by atoms with Crippen LogP contribution in [0, 0.1) is 0 Å². The van der Waals surface area contributed by atoms with Crippen LogP contribution in [-0.2, 0) is 5.41 Å². The second kappa shape index (κ2) is 12.6. The average molecular weight is 718 g/mol. The SMILES string of the molecule is CC1(C)c2ccccc2-c2ccc(C(c3ccc(-c4ccc5c(c4)c4ccccc4n5-c4ccccc4)cc3)c3ccc(-c4cc5ccccc5o4)cc3)cc21. The van der Waals surface area contributed by atoms with Crippen LogP contribution >= 0.6 is 0 Å². The van der Waals surface area contributed by atoms with E-state index in [1.165, 1.54) is 77.6 Å². The molecule has 1 aliphatic carbocycles. The molecule has 2 heteroatoms. The van der Waals surface area contributed by atoms with E-state index in [9.17, 15) is 0 Å². The van der Waals surface area contributed by atoms with E-state index in [0.717, 1.165) is 22.3 Å². The Morgan fingerprint density at radius 2 is 1.07 bits per heavy atom. The Morgan fingerprint density at radius 3 is 1.88 bits per heavy atom. The molecule has 1 atom stereocenters. The molecular formula is C54H39NO. The Hall–Kier alpha value is -6.90. The summed E-state index contributed by atoms with van der Waals surface area (Å²) in [6.45, 7) is 4.73. The molecule has 56 heavy (non-hydrogen) atoms. The normalized spacial score (nSPS) is 13.6. The maximum atomic E-state index is 6.26. The molecule has 11 rings (SSSR count). The van der Waals surface area contributed by atoms with E-state index >= 15 is 0 Å². The van der Waals surface area contributed by atoms with Crippen LogP contribution in [0.2, 0.25) is 0 Å². The maximum absolute atomic E-state index is 6.26. The predicted octanol–water partition coefficient (Wildman–Crippen LogP) is 14.4. The Kier molecular flexibility index (Phi) is 7.31. The summed E-state index contributed by atoms with van der Waals surface area (Å²) in [5.74, 6) is 0.935. The molecule has 266 valence electrons. The van der Waals surface area contributed by atoms with Gasteiger partial charge in [-0.05, 0) is 92.5 Å². The topological polar surface area (TPSA) is 18.1 Å². The van der Waals surface area contributed by atoms with Gasteiger partial charge >= 0.3 is 0 Å². The Morgan fingerprint density at radius 1 is 0.446 bits per heavy atom. The number of para-hydroxylation sites is 3. The second-order valence-corrected chi connectivity index (χ2v) is 15.7. The highest BCUT2D eigenvalue weighted by Crippen LogP contribution is 2.50. The van der Waals surface area contributed by atoms with Crippen molar-refractivity contribution in [1.29, 1.82) is 0 Å². The monoisotopic (exact) mass is 717 g/mol. The van der Waals surface area contributed by atoms with Crippen molar-refractivity contribution < 1.29 is 4.42 Å². The van der Waals surface area contributed by atoms with Gasteiger partial charge in [0.15, 0.2) is 0 Å². The summed E-state index contributed by atoms with van der Waals surface area (Å²) in [6, 6.07) is 70.9. The van der Waals surface area contributed by atoms with Crippen molar-refractivity contribution in [3.05, 3.63) is 222 Å². The number of aromatic nitrogens is 1. The van der Waals surface area contributed by atoms with Gasteiger partial charge in [0, 0.05) is 38.7 Å². The fourth-order valence-corrected chi connectivity index (χ4v) is 9.32. The zero-order valence-electron chi connectivity index (χ0n) is 31.4. The van der Waals surface area contributed by atoms with Gasteiger partial charge in [-0.2, -0.15) is 0 Å². The largest absolute Gasteiger partial charge is 0.456 e. The number of hydrogen-bond donors (Lipinski definition) is 0. The quantitative estimate of drug-likeness (QED) is 0.157. The van der Waals surface area contributed by atoms with Crippen molar-refractivity contribution >= 4 is 32.8 Å². The van der Waals surface area contributed by atoms with Gasteiger partial charge in [-0.15, -0.1) is 0 Å². The van der Waals surface area contributed by atoms with Gasteiger partial charge in [0.25, 0.3) is 0 Å². The lowest BCUT2D eigenvalue weighted by Gasteiger charge is -2.25. The first kappa shape index (κ1) is 32.5. The van der Waals surface area contributed by atoms with Crippen molar-refractivity contribution in [2.24, 2.45) is 0 Å². The average Bonchev–Trinajstić information content (AvgIpc) is 3.90. The number of furan rings is 1. The molecule has 1 unspecified atom stereocenters. The molecule has 8 aromatic carbocycles. The molecular weight excluding hydrogens is 679 g/mol. The van der Waals surface area contributed by atoms with E-state index in [2.05, 4.69) is 200 Å². The summed E-state index contributed by atoms with van der Waals surface area (Å²) in [5, 5.41) is 3.64. The third-order valence-corrected chi connectivity index (χ3v) is 12.2. The van der Waals surface area contributed by atoms with Gasteiger partial charge in [-0.3, -0.25) is 0 Å². The summed E-state index contributed by atoms with van der Waals surface area (Å²) >= 11 is 0. The molecule has 0 saturated heterocycles. The number of hydrogen-bond acceptors (Lipinski definition) is 1. The third-order valence-electron chi connectivity index (χ3n) is 12.2. The number of benzene rings is 8. The molecule has 0 aliphatic heterocycles. The first-order valence-electron chi connectivity index (χ1n) is 19.5. The molecule has 10 aromatic rings. The summed E-state index contributed by atoms with van der Waals surface area (Å²) in [4.78, 5) is 0. The lowest BCUT2D eigenvalue weighted by molar-refractivity contribution is 0.631. The minimum atomic E-state index is -0.0796. The molecule has 0 bridgehead atoms. The minimum absolute atomic E-state index is 0.0462. The van der Waals surface area contributed by atoms with Gasteiger partial charge in [0.2, 0.25) is 0 Å². The Bertz CT molecular complexity index is 3050. The van der Waals surface area contributed by atoms with Gasteiger partial charge in [-0.25, -0.2) is 0 Å². The minimum Gasteiger partial charge on any atom is -0.456 e. The summed E-state index contributed by atoms with van der Waals surface area (Å²) < 4.78 is 8.63. The number of fused-ring (bicyclic) bond motifs is 7. The van der Waals surface area contributed by atoms with Crippen LogP contribution in [0.4, 0.5) is 0 Å². The van der Waals surface area contributed by atoms with Crippen LogP contribution in [0.1, 0.15) is 47.6 Å². The molecule has 0 amide bonds. The highest BCUT2D eigenvalue weighted by Gasteiger charge is 2.36. The highest BCUT2D eigenvalue weighted by atomic mass is 16.3. The molecule has 0 fully saturated rings. The van der Waals surface area contributed by atoms with E-state index in [1.807, 2.05) is 12.1 Å². The lowest BCUT2D eigenvalue weighted by atomic mass is 9.79. The van der Waals surface area contributed by atoms with E-state index in [4.69, 9.17) is 4.42 Å². The summed E-state index contributed by atoms with van der Waals surface area (Å²) in [7, 11) is 0. The molecule has 1 aliphatic rings. The second-order valence-electron chi connectivity index (χ2n) is 15.7. The third kappa shape index (κ3) is 5.10. The van der Waals surface area contributed by atoms with Crippen LogP contribution in [0.15, 0.2) is 199 Å². The van der Waals surface area contributed by atoms with Crippen molar-refractivity contribution in [3.63, 3.8) is 0 Å². The van der Waals surface area contributed by atoms with E-state index in [1.54, 1.807) is 0 Å². The predicted molar refractivity (Wildman–Crippen MR) is 233 cm³/mol. The number of rotatable bonds is 6. The van der Waals surface area contributed by atoms with E-state index in [0.29, 0.717) is 0 Å². The molecule has 0 radical (unpaired) electrons. The van der Waals surface area contributed by atoms with Gasteiger partial charge in [-0.1, -0.05) is 166 Å². The van der Waals surface area contributed by atoms with Gasteiger partial charge < -0.3 is 8.98 Å². The molecule has 0 N–H and O–H groups in total. The van der Waals surface area contributed by atoms with Crippen LogP contribution in [-0.4, -0.2) is 4.57 Å². The van der Waals surface area contributed by atoms with Crippen molar-refractivity contribution in [2.75, 3.05) is 0 Å². The Balaban J connectivity index is 1.01. The van der Waals surface area contributed by atoms with Crippen molar-refractivity contribution in [2.45, 2.75) is 25.2 Å². The van der Waals surface area contributed by atoms with Crippen LogP contribution < -0.4 is 0 Å². The molecule has 0 spiro atoms. The standard InChI is InChI=1S/C54H39NO/c1-54(2)47-17-9-7-15-43(47)44-30-28-41(33-48(44)54)53(38-26-22-36(23-27-38)52-34-40-12-6-11-19-51(40)56-52)37-24-20-35(21-25-37)39-29-31-50-46(32-39)45-16-8-10-18-49(45)55(50)42-13-4-3-5-14-42/h3-34,53H,1-2H3. The van der Waals surface area contributed by atoms with Crippen molar-refractivity contribution in [3.8, 4) is 39.3 Å². The van der Waals surface area contributed by atoms with Gasteiger partial charge in [0.1, 0.15) is 11.3 Å². The fraction of sp³-hybridized carbons (Fsp3) is 0.0741. The maximum Gasteiger partial charge on any atom is 0.135 e. The van der Waals surface area contributed by atoms with Crippen LogP contribution in [0.25, 0.3) is 72.0 Å². The molecule has 2 aromatic heterocycles. The van der Waals surface area contributed by atoms with E-state index in [-0.39, 0.29) is 11.3 Å². The first-order valence-corrected chi connectivity index (χ1v) is 19.5. The van der Waals surface area contributed by atoms with Crippen LogP contribution in [0.3, 0.4) is 0 Å². The fourth-order valence-electron chi connectivity index (χ4n) is 9.32. The van der Waals surface area contributed by atoms with Gasteiger partial charge in [0.05, 0.1) is 11.0 Å². The smallest absolute Gasteiger partial charge is 0.135 e. The summed E-state index contributed by atoms with van der Waals surface area (Å²) in [6.07, 6.45) is 0.